The predicted octanol–water partition coefficient (Wildman–Crippen LogP) is 1.76. The molecule has 0 bridgehead atoms. The molecule has 0 aliphatic carbocycles. The summed E-state index contributed by atoms with van der Waals surface area (Å²) in [4.78, 5) is 10.0. The van der Waals surface area contributed by atoms with Crippen molar-refractivity contribution in [3.8, 4) is 0 Å². The number of nitro benzene ring substituents is 1. The lowest BCUT2D eigenvalue weighted by Gasteiger charge is -2.18. The quantitative estimate of drug-likeness (QED) is 0.220. The van der Waals surface area contributed by atoms with E-state index in [0.29, 0.717) is 10.3 Å². The lowest BCUT2D eigenvalue weighted by atomic mass is 10.1. The molecule has 0 heterocycles. The summed E-state index contributed by atoms with van der Waals surface area (Å²) in [6.45, 7) is 3.10. The molecule has 0 aliphatic rings. The largest absolute Gasteiger partial charge is 0.623 e. The summed E-state index contributed by atoms with van der Waals surface area (Å²) >= 11 is 0. The fourth-order valence-corrected chi connectivity index (χ4v) is 1.22. The van der Waals surface area contributed by atoms with E-state index in [2.05, 4.69) is 5.16 Å². The number of non-ortho nitro benzene ring substituents is 1. The van der Waals surface area contributed by atoms with Crippen molar-refractivity contribution in [2.75, 3.05) is 0 Å². The molecule has 7 nitrogen and oxygen atoms in total. The zero-order valence-electron chi connectivity index (χ0n) is 9.98. The Hall–Kier alpha value is -2.44. The number of hydrogen-bond donors (Lipinski definition) is 1. The SMILES string of the molecule is CC(C)(/C=N\O)/[N+]([O-])=C/c1cccc([N+](=O)[O-])c1. The van der Waals surface area contributed by atoms with Crippen molar-refractivity contribution in [2.24, 2.45) is 5.16 Å². The van der Waals surface area contributed by atoms with Gasteiger partial charge in [-0.2, -0.15) is 0 Å². The van der Waals surface area contributed by atoms with Gasteiger partial charge in [0.2, 0.25) is 5.54 Å². The van der Waals surface area contributed by atoms with E-state index in [1.807, 2.05) is 0 Å². The van der Waals surface area contributed by atoms with Gasteiger partial charge in [-0.05, 0) is 6.07 Å². The monoisotopic (exact) mass is 251 g/mol. The van der Waals surface area contributed by atoms with Gasteiger partial charge in [-0.1, -0.05) is 11.2 Å². The average Bonchev–Trinajstić information content (AvgIpc) is 2.29. The van der Waals surface area contributed by atoms with Crippen LogP contribution < -0.4 is 0 Å². The second kappa shape index (κ2) is 5.26. The molecule has 7 heteroatoms. The summed E-state index contributed by atoms with van der Waals surface area (Å²) in [5.41, 5.74) is -0.733. The summed E-state index contributed by atoms with van der Waals surface area (Å²) in [7, 11) is 0. The van der Waals surface area contributed by atoms with Crippen LogP contribution in [0.15, 0.2) is 29.4 Å². The van der Waals surface area contributed by atoms with E-state index in [1.165, 1.54) is 24.4 Å². The fourth-order valence-electron chi connectivity index (χ4n) is 1.22. The third-order valence-corrected chi connectivity index (χ3v) is 2.29. The summed E-state index contributed by atoms with van der Waals surface area (Å²) in [6.07, 6.45) is 2.28. The highest BCUT2D eigenvalue weighted by molar-refractivity contribution is 5.78. The van der Waals surface area contributed by atoms with Gasteiger partial charge in [-0.15, -0.1) is 0 Å². The second-order valence-electron chi connectivity index (χ2n) is 4.21. The first-order valence-electron chi connectivity index (χ1n) is 5.11. The van der Waals surface area contributed by atoms with Crippen LogP contribution in [0.5, 0.6) is 0 Å². The molecule has 0 spiro atoms. The Morgan fingerprint density at radius 2 is 2.06 bits per heavy atom. The minimum atomic E-state index is -1.04. The zero-order chi connectivity index (χ0) is 13.8. The van der Waals surface area contributed by atoms with E-state index >= 15 is 0 Å². The molecule has 0 aliphatic heterocycles. The molecule has 0 atom stereocenters. The van der Waals surface area contributed by atoms with Crippen LogP contribution in [0.25, 0.3) is 0 Å². The van der Waals surface area contributed by atoms with Crippen LogP contribution in [0.3, 0.4) is 0 Å². The molecule has 0 saturated heterocycles. The molecule has 0 saturated carbocycles. The number of hydrogen-bond acceptors (Lipinski definition) is 5. The molecular formula is C11H13N3O4. The van der Waals surface area contributed by atoms with Crippen molar-refractivity contribution in [2.45, 2.75) is 19.4 Å². The Bertz CT molecular complexity index is 509. The Balaban J connectivity index is 3.09. The molecule has 1 rings (SSSR count). The highest BCUT2D eigenvalue weighted by atomic mass is 16.6. The van der Waals surface area contributed by atoms with E-state index in [4.69, 9.17) is 5.21 Å². The van der Waals surface area contributed by atoms with Gasteiger partial charge in [0.25, 0.3) is 5.69 Å². The van der Waals surface area contributed by atoms with Crippen LogP contribution in [0.4, 0.5) is 5.69 Å². The average molecular weight is 251 g/mol. The van der Waals surface area contributed by atoms with Gasteiger partial charge < -0.3 is 10.4 Å². The van der Waals surface area contributed by atoms with E-state index < -0.39 is 10.5 Å². The highest BCUT2D eigenvalue weighted by Crippen LogP contribution is 2.12. The molecule has 1 aromatic carbocycles. The molecule has 0 amide bonds. The second-order valence-corrected chi connectivity index (χ2v) is 4.21. The van der Waals surface area contributed by atoms with Crippen molar-refractivity contribution in [3.05, 3.63) is 45.2 Å². The van der Waals surface area contributed by atoms with E-state index in [1.54, 1.807) is 19.9 Å². The Morgan fingerprint density at radius 1 is 1.39 bits per heavy atom. The van der Waals surface area contributed by atoms with E-state index in [0.717, 1.165) is 6.21 Å². The Morgan fingerprint density at radius 3 is 2.61 bits per heavy atom. The standard InChI is InChI=1S/C11H13N3O4/c1-11(2,8-12-15)13(16)7-9-4-3-5-10(6-9)14(17)18/h3-8,15H,1-2H3/b12-8-,13-7-. The first-order valence-corrected chi connectivity index (χ1v) is 5.11. The highest BCUT2D eigenvalue weighted by Gasteiger charge is 2.24. The molecule has 1 N–H and O–H groups in total. The fraction of sp³-hybridized carbons (Fsp3) is 0.273. The van der Waals surface area contributed by atoms with Gasteiger partial charge in [0.15, 0.2) is 6.21 Å². The molecule has 0 aromatic heterocycles. The molecule has 0 fully saturated rings. The molecule has 1 aromatic rings. The van der Waals surface area contributed by atoms with Crippen LogP contribution in [0.2, 0.25) is 0 Å². The molecular weight excluding hydrogens is 238 g/mol. The minimum Gasteiger partial charge on any atom is -0.623 e. The van der Waals surface area contributed by atoms with Gasteiger partial charge in [0.1, 0.15) is 6.21 Å². The maximum atomic E-state index is 11.8. The van der Waals surface area contributed by atoms with Crippen molar-refractivity contribution >= 4 is 18.1 Å². The van der Waals surface area contributed by atoms with Gasteiger partial charge in [0.05, 0.1) is 4.92 Å². The predicted molar refractivity (Wildman–Crippen MR) is 66.2 cm³/mol. The van der Waals surface area contributed by atoms with Crippen LogP contribution in [-0.2, 0) is 0 Å². The third kappa shape index (κ3) is 3.27. The first kappa shape index (κ1) is 13.6. The van der Waals surface area contributed by atoms with Crippen LogP contribution >= 0.6 is 0 Å². The summed E-state index contributed by atoms with van der Waals surface area (Å²) in [6, 6.07) is 5.69. The summed E-state index contributed by atoms with van der Waals surface area (Å²) in [5.74, 6) is 0. The molecule has 0 radical (unpaired) electrons. The van der Waals surface area contributed by atoms with Crippen molar-refractivity contribution < 1.29 is 14.9 Å². The van der Waals surface area contributed by atoms with Crippen LogP contribution in [0.1, 0.15) is 19.4 Å². The van der Waals surface area contributed by atoms with Gasteiger partial charge >= 0.3 is 0 Å². The van der Waals surface area contributed by atoms with E-state index in [9.17, 15) is 15.3 Å². The lowest BCUT2D eigenvalue weighted by Crippen LogP contribution is -2.35. The minimum absolute atomic E-state index is 0.0919. The molecule has 0 unspecified atom stereocenters. The topological polar surface area (TPSA) is 102 Å². The Kier molecular flexibility index (Phi) is 3.98. The normalized spacial score (nSPS) is 12.9. The number of nitrogens with zero attached hydrogens (tertiary/aromatic N) is 3. The van der Waals surface area contributed by atoms with Crippen LogP contribution in [-0.4, -0.2) is 32.8 Å². The zero-order valence-corrected chi connectivity index (χ0v) is 9.98. The smallest absolute Gasteiger partial charge is 0.270 e. The van der Waals surface area contributed by atoms with Crippen molar-refractivity contribution in [1.29, 1.82) is 0 Å². The van der Waals surface area contributed by atoms with Gasteiger partial charge in [0, 0.05) is 31.5 Å². The maximum absolute atomic E-state index is 11.8. The Labute approximate surface area is 103 Å². The maximum Gasteiger partial charge on any atom is 0.270 e. The number of benzene rings is 1. The number of hydroxylamine groups is 1. The summed E-state index contributed by atoms with van der Waals surface area (Å²) < 4.78 is 0.561. The third-order valence-electron chi connectivity index (χ3n) is 2.29. The number of oxime groups is 1. The molecule has 96 valence electrons. The van der Waals surface area contributed by atoms with Crippen LogP contribution in [0, 0.1) is 15.3 Å². The number of nitro groups is 1. The van der Waals surface area contributed by atoms with Gasteiger partial charge in [-0.25, -0.2) is 4.74 Å². The van der Waals surface area contributed by atoms with Crippen molar-refractivity contribution in [3.63, 3.8) is 0 Å². The number of rotatable bonds is 4. The van der Waals surface area contributed by atoms with Crippen molar-refractivity contribution in [1.82, 2.24) is 0 Å². The first-order chi connectivity index (χ1) is 8.36. The van der Waals surface area contributed by atoms with Gasteiger partial charge in [-0.3, -0.25) is 10.1 Å². The lowest BCUT2D eigenvalue weighted by molar-refractivity contribution is -0.511. The molecule has 18 heavy (non-hydrogen) atoms. The van der Waals surface area contributed by atoms with E-state index in [-0.39, 0.29) is 5.69 Å². The summed E-state index contributed by atoms with van der Waals surface area (Å²) in [5, 5.41) is 33.6.